The minimum absolute atomic E-state index is 0.209. The fraction of sp³-hybridized carbons (Fsp3) is 0.250. The smallest absolute Gasteiger partial charge is 0.269 e. The van der Waals surface area contributed by atoms with Crippen LogP contribution in [0, 0.1) is 0 Å². The van der Waals surface area contributed by atoms with Crippen molar-refractivity contribution in [2.75, 3.05) is 19.5 Å². The zero-order valence-corrected chi connectivity index (χ0v) is 16.8. The Morgan fingerprint density at radius 1 is 1.03 bits per heavy atom. The molecule has 1 heterocycles. The molecule has 2 aromatic rings. The van der Waals surface area contributed by atoms with Gasteiger partial charge in [0.15, 0.2) is 11.5 Å². The maximum Gasteiger partial charge on any atom is 0.269 e. The monoisotopic (exact) mass is 417 g/mol. The molecule has 1 aliphatic rings. The molecule has 0 aliphatic carbocycles. The molecule has 0 spiro atoms. The highest BCUT2D eigenvalue weighted by atomic mass is 35.5. The number of hydrogen-bond donors (Lipinski definition) is 2. The predicted octanol–water partition coefficient (Wildman–Crippen LogP) is 2.50. The number of rotatable bonds is 6. The lowest BCUT2D eigenvalue weighted by Gasteiger charge is -2.44. The number of halogens is 1. The van der Waals surface area contributed by atoms with E-state index in [9.17, 15) is 14.4 Å². The molecule has 29 heavy (non-hydrogen) atoms. The molecule has 3 amide bonds. The summed E-state index contributed by atoms with van der Waals surface area (Å²) in [5.74, 6) is -0.0494. The van der Waals surface area contributed by atoms with E-state index in [1.807, 2.05) is 0 Å². The Labute approximate surface area is 172 Å². The number of hydrazine groups is 1. The second-order valence-corrected chi connectivity index (χ2v) is 6.84. The van der Waals surface area contributed by atoms with E-state index in [0.717, 1.165) is 0 Å². The van der Waals surface area contributed by atoms with Crippen LogP contribution in [-0.4, -0.2) is 42.3 Å². The molecular formula is C20H20ClN3O5. The average Bonchev–Trinajstić information content (AvgIpc) is 2.72. The van der Waals surface area contributed by atoms with E-state index >= 15 is 0 Å². The van der Waals surface area contributed by atoms with Gasteiger partial charge in [0.2, 0.25) is 5.91 Å². The molecule has 1 aliphatic heterocycles. The molecule has 2 unspecified atom stereocenters. The highest BCUT2D eigenvalue weighted by molar-refractivity contribution is 6.33. The van der Waals surface area contributed by atoms with Crippen LogP contribution >= 0.6 is 11.6 Å². The Balaban J connectivity index is 1.76. The fourth-order valence-electron chi connectivity index (χ4n) is 3.02. The van der Waals surface area contributed by atoms with Crippen molar-refractivity contribution in [3.8, 4) is 11.5 Å². The number of benzene rings is 2. The van der Waals surface area contributed by atoms with E-state index in [-0.39, 0.29) is 5.91 Å². The van der Waals surface area contributed by atoms with Crippen LogP contribution in [0.4, 0.5) is 5.69 Å². The number of β-lactam (4-membered cyclic amide) rings is 1. The third kappa shape index (κ3) is 4.12. The molecule has 8 nitrogen and oxygen atoms in total. The molecule has 2 aromatic carbocycles. The molecule has 0 aromatic heterocycles. The lowest BCUT2D eigenvalue weighted by molar-refractivity contribution is -0.149. The van der Waals surface area contributed by atoms with Gasteiger partial charge >= 0.3 is 0 Å². The van der Waals surface area contributed by atoms with Gasteiger partial charge in [-0.15, -0.1) is 11.6 Å². The molecule has 0 radical (unpaired) electrons. The van der Waals surface area contributed by atoms with Crippen molar-refractivity contribution in [2.45, 2.75) is 18.3 Å². The molecule has 3 rings (SSSR count). The molecule has 1 saturated heterocycles. The number of hydrogen-bond acceptors (Lipinski definition) is 5. The molecular weight excluding hydrogens is 398 g/mol. The van der Waals surface area contributed by atoms with Gasteiger partial charge in [0, 0.05) is 18.2 Å². The second kappa shape index (κ2) is 8.40. The normalized spacial score (nSPS) is 17.9. The number of nitrogens with one attached hydrogen (secondary N) is 2. The van der Waals surface area contributed by atoms with Crippen LogP contribution in [0.3, 0.4) is 0 Å². The number of carbonyl (C=O) groups excluding carboxylic acids is 3. The number of carbonyl (C=O) groups is 3. The first-order valence-electron chi connectivity index (χ1n) is 8.73. The SMILES string of the molecule is COc1ccc(C2C(Cl)C(=O)N2NC(=O)c2ccc(NC(C)=O)cc2)cc1OC. The van der Waals surface area contributed by atoms with Gasteiger partial charge in [-0.05, 0) is 42.0 Å². The molecule has 0 saturated carbocycles. The van der Waals surface area contributed by atoms with Crippen LogP contribution < -0.4 is 20.2 Å². The summed E-state index contributed by atoms with van der Waals surface area (Å²) >= 11 is 6.21. The van der Waals surface area contributed by atoms with Gasteiger partial charge in [-0.3, -0.25) is 19.8 Å². The van der Waals surface area contributed by atoms with Crippen LogP contribution in [-0.2, 0) is 9.59 Å². The predicted molar refractivity (Wildman–Crippen MR) is 107 cm³/mol. The van der Waals surface area contributed by atoms with Crippen molar-refractivity contribution in [2.24, 2.45) is 0 Å². The number of alkyl halides is 1. The van der Waals surface area contributed by atoms with Crippen molar-refractivity contribution < 1.29 is 23.9 Å². The van der Waals surface area contributed by atoms with E-state index in [1.165, 1.54) is 26.2 Å². The lowest BCUT2D eigenvalue weighted by Crippen LogP contribution is -2.63. The number of methoxy groups -OCH3 is 2. The van der Waals surface area contributed by atoms with Gasteiger partial charge < -0.3 is 14.8 Å². The van der Waals surface area contributed by atoms with Crippen molar-refractivity contribution >= 4 is 35.0 Å². The molecule has 2 atom stereocenters. The maximum atomic E-state index is 12.6. The molecule has 0 bridgehead atoms. The van der Waals surface area contributed by atoms with E-state index in [0.29, 0.717) is 28.3 Å². The van der Waals surface area contributed by atoms with E-state index in [4.69, 9.17) is 21.1 Å². The van der Waals surface area contributed by atoms with Gasteiger partial charge in [0.1, 0.15) is 11.4 Å². The molecule has 2 N–H and O–H groups in total. The van der Waals surface area contributed by atoms with Gasteiger partial charge in [-0.2, -0.15) is 0 Å². The first kappa shape index (κ1) is 20.5. The fourth-order valence-corrected chi connectivity index (χ4v) is 3.38. The van der Waals surface area contributed by atoms with Gasteiger partial charge in [0.25, 0.3) is 11.8 Å². The molecule has 1 fully saturated rings. The Morgan fingerprint density at radius 2 is 1.69 bits per heavy atom. The first-order chi connectivity index (χ1) is 13.8. The zero-order chi connectivity index (χ0) is 21.1. The zero-order valence-electron chi connectivity index (χ0n) is 16.1. The third-order valence-corrected chi connectivity index (χ3v) is 4.89. The van der Waals surface area contributed by atoms with Gasteiger partial charge in [0.05, 0.1) is 14.2 Å². The first-order valence-corrected chi connectivity index (χ1v) is 9.17. The average molecular weight is 418 g/mol. The van der Waals surface area contributed by atoms with Crippen LogP contribution in [0.25, 0.3) is 0 Å². The quantitative estimate of drug-likeness (QED) is 0.556. The summed E-state index contributed by atoms with van der Waals surface area (Å²) in [4.78, 5) is 35.9. The summed E-state index contributed by atoms with van der Waals surface area (Å²) in [6.07, 6.45) is 0. The summed E-state index contributed by atoms with van der Waals surface area (Å²) in [5.41, 5.74) is 4.18. The number of ether oxygens (including phenoxy) is 2. The second-order valence-electron chi connectivity index (χ2n) is 6.37. The summed E-state index contributed by atoms with van der Waals surface area (Å²) in [7, 11) is 3.04. The Kier molecular flexibility index (Phi) is 5.93. The number of anilines is 1. The summed E-state index contributed by atoms with van der Waals surface area (Å²) in [6, 6.07) is 10.9. The maximum absolute atomic E-state index is 12.6. The number of amides is 3. The third-order valence-electron chi connectivity index (χ3n) is 4.47. The highest BCUT2D eigenvalue weighted by Crippen LogP contribution is 2.40. The van der Waals surface area contributed by atoms with Gasteiger partial charge in [-0.1, -0.05) is 6.07 Å². The Hall–Kier alpha value is -3.26. The molecule has 9 heteroatoms. The minimum atomic E-state index is -0.810. The van der Waals surface area contributed by atoms with Crippen molar-refractivity contribution in [1.29, 1.82) is 0 Å². The van der Waals surface area contributed by atoms with Crippen LogP contribution in [0.15, 0.2) is 42.5 Å². The van der Waals surface area contributed by atoms with E-state index in [1.54, 1.807) is 42.5 Å². The van der Waals surface area contributed by atoms with Crippen LogP contribution in [0.2, 0.25) is 0 Å². The lowest BCUT2D eigenvalue weighted by atomic mass is 9.95. The summed E-state index contributed by atoms with van der Waals surface area (Å²) in [5, 5.41) is 3.01. The molecule has 152 valence electrons. The summed E-state index contributed by atoms with van der Waals surface area (Å²) < 4.78 is 10.5. The van der Waals surface area contributed by atoms with Crippen molar-refractivity contribution in [3.63, 3.8) is 0 Å². The van der Waals surface area contributed by atoms with E-state index < -0.39 is 23.2 Å². The van der Waals surface area contributed by atoms with Crippen LogP contribution in [0.5, 0.6) is 11.5 Å². The van der Waals surface area contributed by atoms with Gasteiger partial charge in [-0.25, -0.2) is 5.01 Å². The number of nitrogens with zero attached hydrogens (tertiary/aromatic N) is 1. The minimum Gasteiger partial charge on any atom is -0.493 e. The largest absolute Gasteiger partial charge is 0.493 e. The summed E-state index contributed by atoms with van der Waals surface area (Å²) in [6.45, 7) is 1.40. The van der Waals surface area contributed by atoms with Crippen LogP contribution in [0.1, 0.15) is 28.9 Å². The standard InChI is InChI=1S/C20H20ClN3O5/c1-11(25)22-14-7-4-12(5-8-14)19(26)23-24-18(17(21)20(24)27)13-6-9-15(28-2)16(10-13)29-3/h4-10,17-18H,1-3H3,(H,22,25)(H,23,26). The Bertz CT molecular complexity index is 948. The highest BCUT2D eigenvalue weighted by Gasteiger charge is 2.48. The topological polar surface area (TPSA) is 97.0 Å². The Morgan fingerprint density at radius 3 is 2.28 bits per heavy atom. The van der Waals surface area contributed by atoms with Crippen molar-refractivity contribution in [3.05, 3.63) is 53.6 Å². The van der Waals surface area contributed by atoms with Crippen molar-refractivity contribution in [1.82, 2.24) is 10.4 Å². The van der Waals surface area contributed by atoms with E-state index in [2.05, 4.69) is 10.7 Å².